The van der Waals surface area contributed by atoms with Gasteiger partial charge in [0.25, 0.3) is 0 Å². The molecule has 0 aromatic carbocycles. The monoisotopic (exact) mass is 317 g/mol. The minimum absolute atomic E-state index is 0.0128. The van der Waals surface area contributed by atoms with Crippen molar-refractivity contribution in [1.29, 1.82) is 0 Å². The number of carbonyl (C=O) groups is 1. The Balaban J connectivity index is 1.84. The molecule has 0 radical (unpaired) electrons. The van der Waals surface area contributed by atoms with Gasteiger partial charge in [-0.1, -0.05) is 6.08 Å². The van der Waals surface area contributed by atoms with Crippen LogP contribution in [-0.2, 0) is 9.47 Å². The molecule has 6 heteroatoms. The van der Waals surface area contributed by atoms with E-state index in [0.717, 1.165) is 12.0 Å². The molecule has 2 unspecified atom stereocenters. The van der Waals surface area contributed by atoms with Crippen LogP contribution in [-0.4, -0.2) is 46.9 Å². The lowest BCUT2D eigenvalue weighted by Crippen LogP contribution is -2.57. The number of amides is 1. The summed E-state index contributed by atoms with van der Waals surface area (Å²) in [5, 5.41) is 0. The van der Waals surface area contributed by atoms with Gasteiger partial charge in [0.1, 0.15) is 11.4 Å². The van der Waals surface area contributed by atoms with Gasteiger partial charge in [-0.25, -0.2) is 9.78 Å². The summed E-state index contributed by atoms with van der Waals surface area (Å²) in [5.74, 6) is 0.504. The first-order valence-electron chi connectivity index (χ1n) is 7.85. The van der Waals surface area contributed by atoms with Gasteiger partial charge in [0.05, 0.1) is 25.3 Å². The van der Waals surface area contributed by atoms with Gasteiger partial charge in [0.15, 0.2) is 0 Å². The molecule has 2 atom stereocenters. The number of nitrogens with zero attached hydrogens (tertiary/aromatic N) is 2. The number of nitrogen functional groups attached to an aromatic ring is 1. The maximum Gasteiger partial charge on any atom is 0.411 e. The molecule has 1 saturated heterocycles. The molecule has 6 nitrogen and oxygen atoms in total. The lowest BCUT2D eigenvalue weighted by Gasteiger charge is -2.44. The van der Waals surface area contributed by atoms with E-state index in [0.29, 0.717) is 19.0 Å². The molecule has 124 valence electrons. The summed E-state index contributed by atoms with van der Waals surface area (Å²) in [6.45, 7) is 6.64. The van der Waals surface area contributed by atoms with Crippen molar-refractivity contribution in [2.75, 3.05) is 18.9 Å². The zero-order chi connectivity index (χ0) is 16.6. The summed E-state index contributed by atoms with van der Waals surface area (Å²) < 4.78 is 11.2. The number of carbonyl (C=O) groups excluding carboxylic acids is 1. The Morgan fingerprint density at radius 3 is 2.78 bits per heavy atom. The van der Waals surface area contributed by atoms with E-state index in [1.165, 1.54) is 5.57 Å². The van der Waals surface area contributed by atoms with Gasteiger partial charge in [0.2, 0.25) is 0 Å². The van der Waals surface area contributed by atoms with Crippen molar-refractivity contribution in [3.05, 3.63) is 30.0 Å². The van der Waals surface area contributed by atoms with Gasteiger partial charge in [-0.2, -0.15) is 0 Å². The van der Waals surface area contributed by atoms with Gasteiger partial charge in [-0.05, 0) is 50.5 Å². The molecule has 3 heterocycles. The van der Waals surface area contributed by atoms with Crippen LogP contribution >= 0.6 is 0 Å². The molecule has 1 aromatic heterocycles. The van der Waals surface area contributed by atoms with Crippen LogP contribution in [0.15, 0.2) is 24.4 Å². The molecule has 3 rings (SSSR count). The summed E-state index contributed by atoms with van der Waals surface area (Å²) in [7, 11) is 0. The summed E-state index contributed by atoms with van der Waals surface area (Å²) in [4.78, 5) is 18.5. The molecule has 0 spiro atoms. The Morgan fingerprint density at radius 2 is 2.17 bits per heavy atom. The second kappa shape index (κ2) is 5.85. The van der Waals surface area contributed by atoms with Crippen molar-refractivity contribution in [3.8, 4) is 0 Å². The SMILES string of the molecule is CC(C)(C)OC(=O)N1C2C=C(c3ccc(N)nc3)CC1COC2. The number of hydrogen-bond acceptors (Lipinski definition) is 5. The molecule has 2 N–H and O–H groups in total. The van der Waals surface area contributed by atoms with Gasteiger partial charge in [-0.15, -0.1) is 0 Å². The highest BCUT2D eigenvalue weighted by Gasteiger charge is 2.40. The number of aromatic nitrogens is 1. The van der Waals surface area contributed by atoms with E-state index in [1.807, 2.05) is 31.7 Å². The van der Waals surface area contributed by atoms with Crippen LogP contribution in [0.2, 0.25) is 0 Å². The van der Waals surface area contributed by atoms with Crippen LogP contribution in [0, 0.1) is 0 Å². The number of nitrogens with two attached hydrogens (primary N) is 1. The first-order chi connectivity index (χ1) is 10.8. The molecule has 2 aliphatic rings. The Morgan fingerprint density at radius 1 is 1.39 bits per heavy atom. The van der Waals surface area contributed by atoms with Crippen molar-refractivity contribution < 1.29 is 14.3 Å². The second-order valence-corrected chi connectivity index (χ2v) is 7.01. The molecule has 0 aliphatic carbocycles. The van der Waals surface area contributed by atoms with Crippen molar-refractivity contribution in [3.63, 3.8) is 0 Å². The Labute approximate surface area is 136 Å². The standard InChI is InChI=1S/C17H23N3O3/c1-17(2,3)23-16(21)20-13-6-12(7-14(20)10-22-9-13)11-4-5-15(18)19-8-11/h4-6,8,13-14H,7,9-10H2,1-3H3,(H2,18,19). The molecule has 2 aliphatic heterocycles. The maximum atomic E-state index is 12.5. The van der Waals surface area contributed by atoms with Gasteiger partial charge < -0.3 is 15.2 Å². The van der Waals surface area contributed by atoms with Crippen LogP contribution in [0.4, 0.5) is 10.6 Å². The lowest BCUT2D eigenvalue weighted by molar-refractivity contribution is -0.0510. The molecular weight excluding hydrogens is 294 g/mol. The third kappa shape index (κ3) is 3.47. The smallest absolute Gasteiger partial charge is 0.411 e. The fraction of sp³-hybridized carbons (Fsp3) is 0.529. The normalized spacial score (nSPS) is 24.1. The maximum absolute atomic E-state index is 12.5. The summed E-state index contributed by atoms with van der Waals surface area (Å²) in [6.07, 6.45) is 4.30. The number of rotatable bonds is 1. The number of anilines is 1. The highest BCUT2D eigenvalue weighted by atomic mass is 16.6. The van der Waals surface area contributed by atoms with Crippen LogP contribution in [0.1, 0.15) is 32.8 Å². The van der Waals surface area contributed by atoms with Crippen LogP contribution < -0.4 is 5.73 Å². The van der Waals surface area contributed by atoms with E-state index in [4.69, 9.17) is 15.2 Å². The number of hydrogen-bond donors (Lipinski definition) is 1. The van der Waals surface area contributed by atoms with Gasteiger partial charge in [0, 0.05) is 6.20 Å². The predicted octanol–water partition coefficient (Wildman–Crippen LogP) is 2.46. The highest BCUT2D eigenvalue weighted by molar-refractivity contribution is 5.74. The van der Waals surface area contributed by atoms with Crippen LogP contribution in [0.3, 0.4) is 0 Å². The number of pyridine rings is 1. The zero-order valence-corrected chi connectivity index (χ0v) is 13.8. The average Bonchev–Trinajstić information content (AvgIpc) is 2.44. The van der Waals surface area contributed by atoms with E-state index in [1.54, 1.807) is 12.3 Å². The Hall–Kier alpha value is -2.08. The van der Waals surface area contributed by atoms with Gasteiger partial charge >= 0.3 is 6.09 Å². The van der Waals surface area contributed by atoms with Crippen molar-refractivity contribution >= 4 is 17.5 Å². The number of ether oxygens (including phenoxy) is 2. The predicted molar refractivity (Wildman–Crippen MR) is 87.7 cm³/mol. The molecule has 23 heavy (non-hydrogen) atoms. The molecular formula is C17H23N3O3. The first kappa shape index (κ1) is 15.8. The van der Waals surface area contributed by atoms with E-state index >= 15 is 0 Å². The fourth-order valence-electron chi connectivity index (χ4n) is 3.00. The quantitative estimate of drug-likeness (QED) is 0.861. The largest absolute Gasteiger partial charge is 0.444 e. The Kier molecular flexibility index (Phi) is 4.02. The minimum atomic E-state index is -0.503. The zero-order valence-electron chi connectivity index (χ0n) is 13.8. The third-order valence-electron chi connectivity index (χ3n) is 3.96. The number of morpholine rings is 1. The molecule has 1 amide bonds. The molecule has 2 bridgehead atoms. The fourth-order valence-corrected chi connectivity index (χ4v) is 3.00. The van der Waals surface area contributed by atoms with Crippen LogP contribution in [0.25, 0.3) is 5.57 Å². The van der Waals surface area contributed by atoms with E-state index in [-0.39, 0.29) is 18.2 Å². The highest BCUT2D eigenvalue weighted by Crippen LogP contribution is 2.33. The lowest BCUT2D eigenvalue weighted by atomic mass is 9.91. The van der Waals surface area contributed by atoms with Crippen molar-refractivity contribution in [2.24, 2.45) is 0 Å². The van der Waals surface area contributed by atoms with Crippen LogP contribution in [0.5, 0.6) is 0 Å². The van der Waals surface area contributed by atoms with E-state index < -0.39 is 5.60 Å². The Bertz CT molecular complexity index is 619. The molecule has 0 saturated carbocycles. The third-order valence-corrected chi connectivity index (χ3v) is 3.96. The van der Waals surface area contributed by atoms with Gasteiger partial charge in [-0.3, -0.25) is 4.90 Å². The summed E-state index contributed by atoms with van der Waals surface area (Å²) in [5.41, 5.74) is 7.36. The average molecular weight is 317 g/mol. The molecule has 1 aromatic rings. The topological polar surface area (TPSA) is 77.7 Å². The molecule has 1 fully saturated rings. The summed E-state index contributed by atoms with van der Waals surface area (Å²) >= 11 is 0. The minimum Gasteiger partial charge on any atom is -0.444 e. The number of fused-ring (bicyclic) bond motifs is 2. The second-order valence-electron chi connectivity index (χ2n) is 7.01. The van der Waals surface area contributed by atoms with E-state index in [9.17, 15) is 4.79 Å². The van der Waals surface area contributed by atoms with Crippen molar-refractivity contribution in [1.82, 2.24) is 9.88 Å². The van der Waals surface area contributed by atoms with E-state index in [2.05, 4.69) is 11.1 Å². The first-order valence-corrected chi connectivity index (χ1v) is 7.85. The van der Waals surface area contributed by atoms with Crippen molar-refractivity contribution in [2.45, 2.75) is 44.9 Å². The summed E-state index contributed by atoms with van der Waals surface area (Å²) in [6, 6.07) is 3.64.